The number of aryl methyl sites for hydroxylation is 1. The van der Waals surface area contributed by atoms with Gasteiger partial charge >= 0.3 is 6.03 Å². The van der Waals surface area contributed by atoms with Crippen molar-refractivity contribution < 1.29 is 4.79 Å². The maximum absolute atomic E-state index is 13.0. The van der Waals surface area contributed by atoms with Crippen molar-refractivity contribution in [1.29, 1.82) is 0 Å². The Bertz CT molecular complexity index is 1030. The molecule has 4 heteroatoms. The van der Waals surface area contributed by atoms with Crippen LogP contribution in [0.5, 0.6) is 0 Å². The number of urea groups is 1. The number of aromatic nitrogens is 1. The van der Waals surface area contributed by atoms with Gasteiger partial charge in [0.1, 0.15) is 0 Å². The first kappa shape index (κ1) is 17.0. The average molecular weight is 369 g/mol. The largest absolute Gasteiger partial charge is 0.322 e. The molecule has 0 unspecified atom stereocenters. The van der Waals surface area contributed by atoms with Crippen LogP contribution < -0.4 is 5.32 Å². The summed E-state index contributed by atoms with van der Waals surface area (Å²) in [7, 11) is 0. The van der Waals surface area contributed by atoms with Crippen LogP contribution in [0.1, 0.15) is 29.0 Å². The Kier molecular flexibility index (Phi) is 4.12. The summed E-state index contributed by atoms with van der Waals surface area (Å²) in [6.45, 7) is 2.86. The second-order valence-electron chi connectivity index (χ2n) is 7.82. The zero-order chi connectivity index (χ0) is 19.1. The van der Waals surface area contributed by atoms with Crippen LogP contribution in [0.15, 0.2) is 66.9 Å². The standard InChI is InChI=1S/C24H23N3O/c1-16-9-10-19(14-22(16)23-8-4-5-11-25-23)26-24(28)27-15-18-13-20(27)12-17-6-2-3-7-21(17)18/h2-11,14,18,20H,12-13,15H2,1H3,(H,26,28)/t18-,20+/m1/s1. The quantitative estimate of drug-likeness (QED) is 0.691. The van der Waals surface area contributed by atoms with Crippen LogP contribution >= 0.6 is 0 Å². The van der Waals surface area contributed by atoms with Crippen molar-refractivity contribution in [3.63, 3.8) is 0 Å². The number of hydrogen-bond acceptors (Lipinski definition) is 2. The molecule has 1 aromatic heterocycles. The Morgan fingerprint density at radius 1 is 1.11 bits per heavy atom. The predicted octanol–water partition coefficient (Wildman–Crippen LogP) is 5.00. The number of hydrogen-bond donors (Lipinski definition) is 1. The van der Waals surface area contributed by atoms with E-state index in [-0.39, 0.29) is 6.03 Å². The average Bonchev–Trinajstić information content (AvgIpc) is 3.08. The molecule has 0 spiro atoms. The van der Waals surface area contributed by atoms with Gasteiger partial charge in [-0.1, -0.05) is 36.4 Å². The molecule has 0 saturated carbocycles. The molecule has 5 rings (SSSR count). The third-order valence-corrected chi connectivity index (χ3v) is 6.06. The lowest BCUT2D eigenvalue weighted by Crippen LogP contribution is -2.39. The number of anilines is 1. The molecule has 2 heterocycles. The molecular weight excluding hydrogens is 346 g/mol. The van der Waals surface area contributed by atoms with Crippen LogP contribution in [0.2, 0.25) is 0 Å². The SMILES string of the molecule is Cc1ccc(NC(=O)N2C[C@H]3C[C@@H]2Cc2ccccc23)cc1-c1ccccn1. The summed E-state index contributed by atoms with van der Waals surface area (Å²) < 4.78 is 0. The topological polar surface area (TPSA) is 45.2 Å². The monoisotopic (exact) mass is 369 g/mol. The van der Waals surface area contributed by atoms with Crippen molar-refractivity contribution >= 4 is 11.7 Å². The lowest BCUT2D eigenvalue weighted by molar-refractivity contribution is 0.206. The number of fused-ring (bicyclic) bond motifs is 4. The van der Waals surface area contributed by atoms with Crippen LogP contribution in [0.4, 0.5) is 10.5 Å². The minimum absolute atomic E-state index is 0.00358. The van der Waals surface area contributed by atoms with Crippen LogP contribution in [-0.4, -0.2) is 28.5 Å². The minimum Gasteiger partial charge on any atom is -0.321 e. The zero-order valence-corrected chi connectivity index (χ0v) is 15.9. The number of nitrogens with zero attached hydrogens (tertiary/aromatic N) is 2. The number of amides is 2. The molecule has 0 radical (unpaired) electrons. The molecule has 2 aromatic carbocycles. The Morgan fingerprint density at radius 2 is 1.96 bits per heavy atom. The molecule has 28 heavy (non-hydrogen) atoms. The fraction of sp³-hybridized carbons (Fsp3) is 0.250. The van der Waals surface area contributed by atoms with E-state index >= 15 is 0 Å². The van der Waals surface area contributed by atoms with Crippen LogP contribution in [0.3, 0.4) is 0 Å². The van der Waals surface area contributed by atoms with Gasteiger partial charge in [0.05, 0.1) is 5.69 Å². The van der Waals surface area contributed by atoms with Crippen molar-refractivity contribution in [2.24, 2.45) is 0 Å². The summed E-state index contributed by atoms with van der Waals surface area (Å²) in [6, 6.07) is 20.8. The molecule has 1 aliphatic carbocycles. The van der Waals surface area contributed by atoms with Crippen LogP contribution in [0.25, 0.3) is 11.3 Å². The lowest BCUT2D eigenvalue weighted by Gasteiger charge is -2.26. The number of pyridine rings is 1. The predicted molar refractivity (Wildman–Crippen MR) is 111 cm³/mol. The van der Waals surface area contributed by atoms with E-state index in [1.165, 1.54) is 11.1 Å². The Morgan fingerprint density at radius 3 is 2.82 bits per heavy atom. The number of rotatable bonds is 2. The third kappa shape index (κ3) is 2.95. The smallest absolute Gasteiger partial charge is 0.321 e. The number of carbonyl (C=O) groups is 1. The minimum atomic E-state index is -0.00358. The molecule has 1 saturated heterocycles. The number of nitrogens with one attached hydrogen (secondary N) is 1. The first-order valence-electron chi connectivity index (χ1n) is 9.86. The van der Waals surface area contributed by atoms with Crippen molar-refractivity contribution in [2.45, 2.75) is 31.7 Å². The summed E-state index contributed by atoms with van der Waals surface area (Å²) in [4.78, 5) is 19.5. The van der Waals surface area contributed by atoms with E-state index in [1.807, 2.05) is 41.3 Å². The highest BCUT2D eigenvalue weighted by atomic mass is 16.2. The van der Waals surface area contributed by atoms with Gasteiger partial charge in [0.15, 0.2) is 0 Å². The maximum atomic E-state index is 13.0. The fourth-order valence-electron chi connectivity index (χ4n) is 4.65. The Hall–Kier alpha value is -3.14. The highest BCUT2D eigenvalue weighted by Crippen LogP contribution is 2.40. The molecule has 1 N–H and O–H groups in total. The van der Waals surface area contributed by atoms with Crippen molar-refractivity contribution in [3.8, 4) is 11.3 Å². The fourth-order valence-corrected chi connectivity index (χ4v) is 4.65. The van der Waals surface area contributed by atoms with Crippen LogP contribution in [0, 0.1) is 6.92 Å². The molecule has 140 valence electrons. The third-order valence-electron chi connectivity index (χ3n) is 6.06. The van der Waals surface area contributed by atoms with Crippen molar-refractivity contribution in [2.75, 3.05) is 11.9 Å². The van der Waals surface area contributed by atoms with Crippen molar-refractivity contribution in [3.05, 3.63) is 83.6 Å². The van der Waals surface area contributed by atoms with E-state index in [9.17, 15) is 4.79 Å². The summed E-state index contributed by atoms with van der Waals surface area (Å²) >= 11 is 0. The van der Waals surface area contributed by atoms with Crippen LogP contribution in [-0.2, 0) is 6.42 Å². The Balaban J connectivity index is 1.36. The highest BCUT2D eigenvalue weighted by molar-refractivity contribution is 5.91. The number of benzene rings is 2. The summed E-state index contributed by atoms with van der Waals surface area (Å²) in [6.07, 6.45) is 3.81. The van der Waals surface area contributed by atoms with E-state index in [1.54, 1.807) is 6.20 Å². The van der Waals surface area contributed by atoms with Gasteiger partial charge in [-0.3, -0.25) is 4.98 Å². The van der Waals surface area contributed by atoms with E-state index in [4.69, 9.17) is 0 Å². The van der Waals surface area contributed by atoms with Gasteiger partial charge < -0.3 is 10.2 Å². The molecule has 2 aliphatic rings. The summed E-state index contributed by atoms with van der Waals surface area (Å²) in [5, 5.41) is 3.12. The number of likely N-dealkylation sites (tertiary alicyclic amines) is 1. The Labute approximate surface area is 165 Å². The molecule has 1 aliphatic heterocycles. The van der Waals surface area contributed by atoms with Gasteiger partial charge in [-0.25, -0.2) is 4.79 Å². The van der Waals surface area contributed by atoms with E-state index in [0.29, 0.717) is 12.0 Å². The van der Waals surface area contributed by atoms with E-state index in [2.05, 4.69) is 41.5 Å². The van der Waals surface area contributed by atoms with Gasteiger partial charge in [0.25, 0.3) is 0 Å². The highest BCUT2D eigenvalue weighted by Gasteiger charge is 2.40. The van der Waals surface area contributed by atoms with Crippen molar-refractivity contribution in [1.82, 2.24) is 9.88 Å². The molecule has 2 atom stereocenters. The van der Waals surface area contributed by atoms with Gasteiger partial charge in [-0.05, 0) is 60.7 Å². The zero-order valence-electron chi connectivity index (χ0n) is 15.9. The maximum Gasteiger partial charge on any atom is 0.322 e. The van der Waals surface area contributed by atoms with E-state index in [0.717, 1.165) is 41.9 Å². The van der Waals surface area contributed by atoms with Gasteiger partial charge in [-0.2, -0.15) is 0 Å². The van der Waals surface area contributed by atoms with E-state index < -0.39 is 0 Å². The summed E-state index contributed by atoms with van der Waals surface area (Å²) in [5.74, 6) is 0.461. The molecule has 1 fully saturated rings. The second-order valence-corrected chi connectivity index (χ2v) is 7.82. The first-order chi connectivity index (χ1) is 13.7. The normalized spacial score (nSPS) is 20.0. The molecule has 2 bridgehead atoms. The van der Waals surface area contributed by atoms with Gasteiger partial charge in [0.2, 0.25) is 0 Å². The summed E-state index contributed by atoms with van der Waals surface area (Å²) in [5.41, 5.74) is 6.74. The molecular formula is C24H23N3O. The first-order valence-corrected chi connectivity index (χ1v) is 9.86. The molecule has 3 aromatic rings. The lowest BCUT2D eigenvalue weighted by atomic mass is 9.84. The molecule has 4 nitrogen and oxygen atoms in total. The van der Waals surface area contributed by atoms with Gasteiger partial charge in [0, 0.05) is 36.0 Å². The molecule has 2 amide bonds. The van der Waals surface area contributed by atoms with Gasteiger partial charge in [-0.15, -0.1) is 0 Å². The number of carbonyl (C=O) groups excluding carboxylic acids is 1. The second kappa shape index (κ2) is 6.79.